The van der Waals surface area contributed by atoms with E-state index < -0.39 is 0 Å². The Bertz CT molecular complexity index is 968. The molecule has 1 atom stereocenters. The van der Waals surface area contributed by atoms with E-state index in [1.165, 1.54) is 4.88 Å². The lowest BCUT2D eigenvalue weighted by Crippen LogP contribution is -2.47. The summed E-state index contributed by atoms with van der Waals surface area (Å²) < 4.78 is 0. The number of thiophene rings is 1. The average molecular weight is 392 g/mol. The molecule has 1 saturated heterocycles. The van der Waals surface area contributed by atoms with E-state index in [0.717, 1.165) is 50.1 Å². The minimum absolute atomic E-state index is 0.158. The molecule has 2 aliphatic rings. The second-order valence-corrected chi connectivity index (χ2v) is 8.22. The summed E-state index contributed by atoms with van der Waals surface area (Å²) in [5.41, 5.74) is 1.59. The van der Waals surface area contributed by atoms with E-state index in [1.54, 1.807) is 17.5 Å². The molecule has 1 aliphatic carbocycles. The number of hydrogen-bond acceptors (Lipinski definition) is 7. The molecule has 1 unspecified atom stereocenters. The van der Waals surface area contributed by atoms with Crippen LogP contribution in [0.3, 0.4) is 0 Å². The Hall–Kier alpha value is -2.80. The summed E-state index contributed by atoms with van der Waals surface area (Å²) in [7, 11) is 0. The van der Waals surface area contributed by atoms with E-state index in [-0.39, 0.29) is 11.7 Å². The molecule has 0 saturated carbocycles. The van der Waals surface area contributed by atoms with Crippen LogP contribution in [0.1, 0.15) is 33.3 Å². The van der Waals surface area contributed by atoms with Gasteiger partial charge in [-0.05, 0) is 30.0 Å². The van der Waals surface area contributed by atoms with Gasteiger partial charge in [-0.2, -0.15) is 0 Å². The summed E-state index contributed by atoms with van der Waals surface area (Å²) in [6, 6.07) is 10.2. The first-order chi connectivity index (χ1) is 13.8. The minimum atomic E-state index is 0.158. The third-order valence-electron chi connectivity index (χ3n) is 5.51. The Balaban J connectivity index is 1.33. The molecular formula is C21H21N5OS. The number of pyridine rings is 1. The summed E-state index contributed by atoms with van der Waals surface area (Å²) in [6.45, 7) is 3.46. The summed E-state index contributed by atoms with van der Waals surface area (Å²) in [6.07, 6.45) is 4.93. The first-order valence-electron chi connectivity index (χ1n) is 9.61. The lowest BCUT2D eigenvalue weighted by Gasteiger charge is -2.35. The fourth-order valence-electron chi connectivity index (χ4n) is 3.99. The Kier molecular flexibility index (Phi) is 4.52. The van der Waals surface area contributed by atoms with Crippen molar-refractivity contribution in [2.75, 3.05) is 36.0 Å². The largest absolute Gasteiger partial charge is 0.353 e. The SMILES string of the molecule is O=C1CC(c2cccs2)Cc2nc(N3CCN(c4ccccn4)CC3)ncc21. The molecule has 1 fully saturated rings. The number of carbonyl (C=O) groups is 1. The zero-order valence-electron chi connectivity index (χ0n) is 15.5. The average Bonchev–Trinajstić information content (AvgIpc) is 3.29. The molecule has 4 heterocycles. The highest BCUT2D eigenvalue weighted by Gasteiger charge is 2.29. The van der Waals surface area contributed by atoms with E-state index in [2.05, 4.69) is 31.2 Å². The van der Waals surface area contributed by atoms with Gasteiger partial charge in [0.2, 0.25) is 5.95 Å². The molecule has 5 rings (SSSR count). The molecule has 7 heteroatoms. The van der Waals surface area contributed by atoms with Gasteiger partial charge in [0.1, 0.15) is 5.82 Å². The predicted molar refractivity (Wildman–Crippen MR) is 110 cm³/mol. The molecule has 1 aliphatic heterocycles. The zero-order valence-corrected chi connectivity index (χ0v) is 16.3. The number of ketones is 1. The lowest BCUT2D eigenvalue weighted by molar-refractivity contribution is 0.0963. The molecule has 3 aromatic heterocycles. The van der Waals surface area contributed by atoms with Gasteiger partial charge in [-0.25, -0.2) is 15.0 Å². The van der Waals surface area contributed by atoms with Gasteiger partial charge in [0, 0.05) is 55.8 Å². The lowest BCUT2D eigenvalue weighted by atomic mass is 9.86. The summed E-state index contributed by atoms with van der Waals surface area (Å²) >= 11 is 1.72. The highest BCUT2D eigenvalue weighted by Crippen LogP contribution is 2.34. The van der Waals surface area contributed by atoms with E-state index in [0.29, 0.717) is 12.0 Å². The second kappa shape index (κ2) is 7.31. The molecule has 0 radical (unpaired) electrons. The van der Waals surface area contributed by atoms with Gasteiger partial charge in [0.05, 0.1) is 11.3 Å². The number of hydrogen-bond donors (Lipinski definition) is 0. The van der Waals surface area contributed by atoms with Gasteiger partial charge >= 0.3 is 0 Å². The van der Waals surface area contributed by atoms with Crippen LogP contribution in [-0.2, 0) is 6.42 Å². The smallest absolute Gasteiger partial charge is 0.225 e. The van der Waals surface area contributed by atoms with Crippen molar-refractivity contribution < 1.29 is 4.79 Å². The fraction of sp³-hybridized carbons (Fsp3) is 0.333. The van der Waals surface area contributed by atoms with Crippen molar-refractivity contribution in [2.24, 2.45) is 0 Å². The Morgan fingerprint density at radius 2 is 1.82 bits per heavy atom. The van der Waals surface area contributed by atoms with Crippen LogP contribution < -0.4 is 9.80 Å². The predicted octanol–water partition coefficient (Wildman–Crippen LogP) is 3.17. The van der Waals surface area contributed by atoms with Gasteiger partial charge in [0.15, 0.2) is 5.78 Å². The number of aromatic nitrogens is 3. The van der Waals surface area contributed by atoms with Crippen LogP contribution in [0.15, 0.2) is 48.1 Å². The van der Waals surface area contributed by atoms with Crippen molar-refractivity contribution in [3.05, 3.63) is 64.2 Å². The van der Waals surface area contributed by atoms with Crippen LogP contribution in [0.25, 0.3) is 0 Å². The number of fused-ring (bicyclic) bond motifs is 1. The molecule has 0 aromatic carbocycles. The minimum Gasteiger partial charge on any atom is -0.353 e. The molecular weight excluding hydrogens is 370 g/mol. The van der Waals surface area contributed by atoms with Crippen LogP contribution >= 0.6 is 11.3 Å². The summed E-state index contributed by atoms with van der Waals surface area (Å²) in [5.74, 6) is 2.15. The number of anilines is 2. The molecule has 142 valence electrons. The fourth-order valence-corrected chi connectivity index (χ4v) is 4.82. The van der Waals surface area contributed by atoms with Crippen LogP contribution in [0.5, 0.6) is 0 Å². The van der Waals surface area contributed by atoms with Crippen LogP contribution in [0.4, 0.5) is 11.8 Å². The molecule has 3 aromatic rings. The van der Waals surface area contributed by atoms with Crippen molar-refractivity contribution in [2.45, 2.75) is 18.8 Å². The highest BCUT2D eigenvalue weighted by molar-refractivity contribution is 7.10. The zero-order chi connectivity index (χ0) is 18.9. The standard InChI is InChI=1S/C21H21N5OS/c27-18-13-15(19-4-3-11-28-19)12-17-16(18)14-23-21(24-17)26-9-7-25(8-10-26)20-5-1-2-6-22-20/h1-6,11,14-15H,7-10,12-13H2. The highest BCUT2D eigenvalue weighted by atomic mass is 32.1. The number of rotatable bonds is 3. The third-order valence-corrected chi connectivity index (χ3v) is 6.54. The maximum absolute atomic E-state index is 12.6. The van der Waals surface area contributed by atoms with Gasteiger partial charge in [0.25, 0.3) is 0 Å². The normalized spacial score (nSPS) is 19.6. The molecule has 28 heavy (non-hydrogen) atoms. The first kappa shape index (κ1) is 17.3. The second-order valence-electron chi connectivity index (χ2n) is 7.24. The van der Waals surface area contributed by atoms with Crippen molar-refractivity contribution in [1.29, 1.82) is 0 Å². The summed E-state index contributed by atoms with van der Waals surface area (Å²) in [5, 5.41) is 2.07. The van der Waals surface area contributed by atoms with Crippen molar-refractivity contribution >= 4 is 28.9 Å². The van der Waals surface area contributed by atoms with Gasteiger partial charge in [-0.15, -0.1) is 11.3 Å². The molecule has 0 N–H and O–H groups in total. The van der Waals surface area contributed by atoms with Gasteiger partial charge < -0.3 is 9.80 Å². The molecule has 0 spiro atoms. The van der Waals surface area contributed by atoms with Gasteiger partial charge in [-0.3, -0.25) is 4.79 Å². The topological polar surface area (TPSA) is 62.2 Å². The molecule has 6 nitrogen and oxygen atoms in total. The Morgan fingerprint density at radius 1 is 0.964 bits per heavy atom. The number of Topliss-reactive ketones (excluding diaryl/α,β-unsaturated/α-hetero) is 1. The van der Waals surface area contributed by atoms with Gasteiger partial charge in [-0.1, -0.05) is 12.1 Å². The Morgan fingerprint density at radius 3 is 2.57 bits per heavy atom. The van der Waals surface area contributed by atoms with Crippen molar-refractivity contribution in [3.8, 4) is 0 Å². The molecule has 0 amide bonds. The number of piperazine rings is 1. The quantitative estimate of drug-likeness (QED) is 0.683. The maximum atomic E-state index is 12.6. The van der Waals surface area contributed by atoms with E-state index in [9.17, 15) is 4.79 Å². The Labute approximate surface area is 167 Å². The van der Waals surface area contributed by atoms with Crippen molar-refractivity contribution in [1.82, 2.24) is 15.0 Å². The first-order valence-corrected chi connectivity index (χ1v) is 10.5. The monoisotopic (exact) mass is 391 g/mol. The summed E-state index contributed by atoms with van der Waals surface area (Å²) in [4.78, 5) is 32.1. The van der Waals surface area contributed by atoms with Crippen LogP contribution in [0.2, 0.25) is 0 Å². The van der Waals surface area contributed by atoms with Crippen LogP contribution in [-0.4, -0.2) is 46.9 Å². The van der Waals surface area contributed by atoms with Crippen molar-refractivity contribution in [3.63, 3.8) is 0 Å². The number of carbonyl (C=O) groups excluding carboxylic acids is 1. The van der Waals surface area contributed by atoms with E-state index in [1.807, 2.05) is 30.5 Å². The van der Waals surface area contributed by atoms with Crippen LogP contribution in [0, 0.1) is 0 Å². The number of nitrogens with zero attached hydrogens (tertiary/aromatic N) is 5. The van der Waals surface area contributed by atoms with E-state index >= 15 is 0 Å². The van der Waals surface area contributed by atoms with E-state index in [4.69, 9.17) is 4.98 Å². The molecule has 0 bridgehead atoms. The maximum Gasteiger partial charge on any atom is 0.225 e. The third kappa shape index (κ3) is 3.26.